The lowest BCUT2D eigenvalue weighted by molar-refractivity contribution is 0.0844. The van der Waals surface area contributed by atoms with Crippen molar-refractivity contribution >= 4 is 5.78 Å². The molecular weight excluding hydrogens is 348 g/mol. The zero-order valence-electron chi connectivity index (χ0n) is 15.4. The molecule has 27 heavy (non-hydrogen) atoms. The van der Waals surface area contributed by atoms with Gasteiger partial charge < -0.3 is 24.8 Å². The lowest BCUT2D eigenvalue weighted by Crippen LogP contribution is -2.21. The molecule has 0 unspecified atom stereocenters. The van der Waals surface area contributed by atoms with Crippen molar-refractivity contribution in [1.29, 1.82) is 0 Å². The second-order valence-electron chi connectivity index (χ2n) is 6.75. The van der Waals surface area contributed by atoms with E-state index in [1.165, 1.54) is 19.2 Å². The molecule has 1 aliphatic rings. The normalized spacial score (nSPS) is 15.7. The van der Waals surface area contributed by atoms with Gasteiger partial charge in [0.25, 0.3) is 0 Å². The Morgan fingerprint density at radius 3 is 2.63 bits per heavy atom. The lowest BCUT2D eigenvalue weighted by Gasteiger charge is -2.27. The second-order valence-corrected chi connectivity index (χ2v) is 6.75. The Morgan fingerprint density at radius 2 is 1.96 bits per heavy atom. The maximum atomic E-state index is 12.7. The Morgan fingerprint density at radius 1 is 1.22 bits per heavy atom. The summed E-state index contributed by atoms with van der Waals surface area (Å²) < 4.78 is 11.0. The van der Waals surface area contributed by atoms with Crippen LogP contribution in [0, 0.1) is 0 Å². The van der Waals surface area contributed by atoms with Crippen LogP contribution < -0.4 is 9.47 Å². The van der Waals surface area contributed by atoms with Gasteiger partial charge in [0, 0.05) is 11.6 Å². The molecule has 3 rings (SSSR count). The van der Waals surface area contributed by atoms with E-state index >= 15 is 0 Å². The molecule has 0 saturated heterocycles. The fraction of sp³-hybridized carbons (Fsp3) is 0.286. The predicted octanol–water partition coefficient (Wildman–Crippen LogP) is 4.03. The van der Waals surface area contributed by atoms with Crippen molar-refractivity contribution in [2.75, 3.05) is 7.11 Å². The third-order valence-corrected chi connectivity index (χ3v) is 4.55. The Bertz CT molecular complexity index is 925. The highest BCUT2D eigenvalue weighted by molar-refractivity contribution is 6.03. The molecule has 0 spiro atoms. The van der Waals surface area contributed by atoms with E-state index in [-0.39, 0.29) is 46.5 Å². The van der Waals surface area contributed by atoms with Gasteiger partial charge in [0.05, 0.1) is 13.5 Å². The highest BCUT2D eigenvalue weighted by Gasteiger charge is 2.32. The number of carbonyl (C=O) groups is 1. The summed E-state index contributed by atoms with van der Waals surface area (Å²) in [5, 5.41) is 30.6. The van der Waals surface area contributed by atoms with E-state index in [2.05, 4.69) is 0 Å². The molecule has 0 fully saturated rings. The summed E-state index contributed by atoms with van der Waals surface area (Å²) in [7, 11) is 1.44. The third-order valence-electron chi connectivity index (χ3n) is 4.55. The number of fused-ring (bicyclic) bond motifs is 1. The predicted molar refractivity (Wildman–Crippen MR) is 99.9 cm³/mol. The lowest BCUT2D eigenvalue weighted by atomic mass is 9.92. The number of ketones is 1. The van der Waals surface area contributed by atoms with Crippen LogP contribution in [0.2, 0.25) is 0 Å². The fourth-order valence-electron chi connectivity index (χ4n) is 3.09. The number of aromatic hydroxyl groups is 3. The van der Waals surface area contributed by atoms with Crippen molar-refractivity contribution in [1.82, 2.24) is 0 Å². The number of ether oxygens (including phenoxy) is 2. The molecular formula is C21H22O6. The summed E-state index contributed by atoms with van der Waals surface area (Å²) in [6.45, 7) is 3.83. The van der Waals surface area contributed by atoms with Crippen LogP contribution in [0.5, 0.6) is 28.7 Å². The van der Waals surface area contributed by atoms with Crippen LogP contribution in [0.1, 0.15) is 47.9 Å². The molecule has 0 aliphatic carbocycles. The minimum absolute atomic E-state index is 0.0111. The summed E-state index contributed by atoms with van der Waals surface area (Å²) in [5.41, 5.74) is 2.08. The molecule has 1 heterocycles. The maximum Gasteiger partial charge on any atom is 0.174 e. The second kappa shape index (κ2) is 7.23. The van der Waals surface area contributed by atoms with Gasteiger partial charge >= 0.3 is 0 Å². The van der Waals surface area contributed by atoms with E-state index in [0.717, 1.165) is 5.57 Å². The molecule has 142 valence electrons. The zero-order chi connectivity index (χ0) is 19.7. The van der Waals surface area contributed by atoms with E-state index in [4.69, 9.17) is 9.47 Å². The number of benzene rings is 2. The third kappa shape index (κ3) is 3.56. The Labute approximate surface area is 157 Å². The van der Waals surface area contributed by atoms with Crippen LogP contribution in [0.15, 0.2) is 35.9 Å². The van der Waals surface area contributed by atoms with E-state index in [1.807, 2.05) is 19.9 Å². The van der Waals surface area contributed by atoms with Crippen LogP contribution in [-0.2, 0) is 6.42 Å². The molecule has 6 heteroatoms. The molecule has 2 aromatic rings. The first kappa shape index (κ1) is 18.6. The standard InChI is InChI=1S/C21H22O6/c1-11(2)4-6-13-15(23)9-19-20(21(13)25)16(24)10-17(27-19)12-5-7-14(22)18(8-12)26-3/h4-5,7-9,17,22-23,25H,6,10H2,1-3H3/t17-/m1/s1. The number of hydrogen-bond donors (Lipinski definition) is 3. The summed E-state index contributed by atoms with van der Waals surface area (Å²) in [6.07, 6.45) is 1.60. The molecule has 0 aromatic heterocycles. The van der Waals surface area contributed by atoms with E-state index in [0.29, 0.717) is 17.5 Å². The van der Waals surface area contributed by atoms with Crippen LogP contribution in [0.25, 0.3) is 0 Å². The maximum absolute atomic E-state index is 12.7. The number of phenolic OH excluding ortho intramolecular Hbond substituents is 3. The summed E-state index contributed by atoms with van der Waals surface area (Å²) in [6, 6.07) is 6.07. The van der Waals surface area contributed by atoms with Crippen LogP contribution >= 0.6 is 0 Å². The average molecular weight is 370 g/mol. The van der Waals surface area contributed by atoms with Crippen molar-refractivity contribution < 1.29 is 29.6 Å². The SMILES string of the molecule is COc1cc([C@H]2CC(=O)c3c(cc(O)c(CC=C(C)C)c3O)O2)ccc1O. The van der Waals surface area contributed by atoms with Gasteiger partial charge in [-0.3, -0.25) is 4.79 Å². The van der Waals surface area contributed by atoms with Crippen LogP contribution in [0.4, 0.5) is 0 Å². The number of Topliss-reactive ketones (excluding diaryl/α,β-unsaturated/α-hetero) is 1. The smallest absolute Gasteiger partial charge is 0.174 e. The molecule has 1 aliphatic heterocycles. The van der Waals surface area contributed by atoms with Crippen molar-refractivity contribution in [3.8, 4) is 28.7 Å². The Balaban J connectivity index is 1.99. The van der Waals surface area contributed by atoms with Crippen molar-refractivity contribution in [2.45, 2.75) is 32.8 Å². The zero-order valence-corrected chi connectivity index (χ0v) is 15.4. The van der Waals surface area contributed by atoms with Gasteiger partial charge in [-0.1, -0.05) is 17.7 Å². The fourth-order valence-corrected chi connectivity index (χ4v) is 3.09. The molecule has 0 amide bonds. The van der Waals surface area contributed by atoms with E-state index in [9.17, 15) is 20.1 Å². The van der Waals surface area contributed by atoms with Crippen LogP contribution in [0.3, 0.4) is 0 Å². The van der Waals surface area contributed by atoms with E-state index in [1.54, 1.807) is 12.1 Å². The first-order chi connectivity index (χ1) is 12.8. The van der Waals surface area contributed by atoms with Crippen LogP contribution in [-0.4, -0.2) is 28.2 Å². The molecule has 0 radical (unpaired) electrons. The van der Waals surface area contributed by atoms with Gasteiger partial charge in [0.2, 0.25) is 0 Å². The number of phenols is 3. The molecule has 1 atom stereocenters. The Hall–Kier alpha value is -3.15. The average Bonchev–Trinajstić information content (AvgIpc) is 2.60. The number of allylic oxidation sites excluding steroid dienone is 2. The van der Waals surface area contributed by atoms with Gasteiger partial charge in [-0.2, -0.15) is 0 Å². The van der Waals surface area contributed by atoms with Gasteiger partial charge in [-0.05, 0) is 38.0 Å². The van der Waals surface area contributed by atoms with E-state index < -0.39 is 6.10 Å². The van der Waals surface area contributed by atoms with Gasteiger partial charge in [-0.15, -0.1) is 0 Å². The highest BCUT2D eigenvalue weighted by Crippen LogP contribution is 2.45. The molecule has 3 N–H and O–H groups in total. The highest BCUT2D eigenvalue weighted by atomic mass is 16.5. The van der Waals surface area contributed by atoms with Crippen molar-refractivity contribution in [3.05, 3.63) is 52.6 Å². The summed E-state index contributed by atoms with van der Waals surface area (Å²) in [5.74, 6) is -0.238. The Kier molecular flexibility index (Phi) is 4.99. The first-order valence-corrected chi connectivity index (χ1v) is 8.59. The topological polar surface area (TPSA) is 96.2 Å². The summed E-state index contributed by atoms with van der Waals surface area (Å²) >= 11 is 0. The molecule has 0 bridgehead atoms. The molecule has 0 saturated carbocycles. The van der Waals surface area contributed by atoms with Crippen molar-refractivity contribution in [3.63, 3.8) is 0 Å². The number of hydrogen-bond acceptors (Lipinski definition) is 6. The number of rotatable bonds is 4. The van der Waals surface area contributed by atoms with Gasteiger partial charge in [0.1, 0.15) is 28.9 Å². The summed E-state index contributed by atoms with van der Waals surface area (Å²) in [4.78, 5) is 12.7. The van der Waals surface area contributed by atoms with Gasteiger partial charge in [-0.25, -0.2) is 0 Å². The number of methoxy groups -OCH3 is 1. The number of carbonyl (C=O) groups excluding carboxylic acids is 1. The first-order valence-electron chi connectivity index (χ1n) is 8.59. The quantitative estimate of drug-likeness (QED) is 0.703. The van der Waals surface area contributed by atoms with Gasteiger partial charge in [0.15, 0.2) is 17.3 Å². The molecule has 2 aromatic carbocycles. The molecule has 6 nitrogen and oxygen atoms in total. The van der Waals surface area contributed by atoms with Crippen molar-refractivity contribution in [2.24, 2.45) is 0 Å². The largest absolute Gasteiger partial charge is 0.507 e. The minimum Gasteiger partial charge on any atom is -0.507 e. The minimum atomic E-state index is -0.609. The monoisotopic (exact) mass is 370 g/mol.